The first-order chi connectivity index (χ1) is 7.64. The Kier molecular flexibility index (Phi) is 2.73. The maximum Gasteiger partial charge on any atom is 0.329 e. The van der Waals surface area contributed by atoms with Crippen molar-refractivity contribution < 1.29 is 14.6 Å². The van der Waals surface area contributed by atoms with E-state index in [1.54, 1.807) is 7.05 Å². The van der Waals surface area contributed by atoms with Gasteiger partial charge in [0.05, 0.1) is 0 Å². The predicted octanol–water partition coefficient (Wildman–Crippen LogP) is -0.744. The maximum absolute atomic E-state index is 11.3. The molecule has 0 saturated carbocycles. The molecule has 8 heteroatoms. The van der Waals surface area contributed by atoms with Crippen molar-refractivity contribution in [1.82, 2.24) is 20.2 Å². The molecule has 2 N–H and O–H groups in total. The number of carbonyl (C=O) groups is 1. The van der Waals surface area contributed by atoms with Crippen LogP contribution in [-0.2, 0) is 16.6 Å². The second kappa shape index (κ2) is 4.05. The molecular formula is C8H13N5O3. The van der Waals surface area contributed by atoms with Gasteiger partial charge in [0.15, 0.2) is 0 Å². The van der Waals surface area contributed by atoms with Crippen LogP contribution < -0.4 is 5.32 Å². The van der Waals surface area contributed by atoms with Gasteiger partial charge in [-0.25, -0.2) is 9.48 Å². The average molecular weight is 227 g/mol. The molecule has 1 aliphatic heterocycles. The lowest BCUT2D eigenvalue weighted by molar-refractivity contribution is -0.145. The number of aryl methyl sites for hydroxylation is 1. The van der Waals surface area contributed by atoms with E-state index >= 15 is 0 Å². The Balaban J connectivity index is 2.20. The van der Waals surface area contributed by atoms with E-state index in [-0.39, 0.29) is 0 Å². The SMILES string of the molecule is Cn1nnnc1NC1(C(=O)O)CCOCC1. The van der Waals surface area contributed by atoms with Gasteiger partial charge in [0.1, 0.15) is 5.54 Å². The molecule has 2 rings (SSSR count). The summed E-state index contributed by atoms with van der Waals surface area (Å²) >= 11 is 0. The Morgan fingerprint density at radius 1 is 1.56 bits per heavy atom. The number of aliphatic carboxylic acids is 1. The second-order valence-electron chi connectivity index (χ2n) is 3.75. The Labute approximate surface area is 91.6 Å². The van der Waals surface area contributed by atoms with Crippen LogP contribution in [0.4, 0.5) is 5.95 Å². The molecule has 0 spiro atoms. The van der Waals surface area contributed by atoms with Crippen LogP contribution >= 0.6 is 0 Å². The smallest absolute Gasteiger partial charge is 0.329 e. The molecule has 2 heterocycles. The van der Waals surface area contributed by atoms with Crippen LogP contribution in [0.3, 0.4) is 0 Å². The molecule has 1 aromatic rings. The van der Waals surface area contributed by atoms with Crippen LogP contribution in [0.1, 0.15) is 12.8 Å². The van der Waals surface area contributed by atoms with Crippen LogP contribution in [-0.4, -0.2) is 50.0 Å². The molecule has 8 nitrogen and oxygen atoms in total. The summed E-state index contributed by atoms with van der Waals surface area (Å²) in [5, 5.41) is 23.0. The number of anilines is 1. The Morgan fingerprint density at radius 2 is 2.25 bits per heavy atom. The van der Waals surface area contributed by atoms with Gasteiger partial charge in [0.25, 0.3) is 0 Å². The Hall–Kier alpha value is -1.70. The van der Waals surface area contributed by atoms with E-state index in [2.05, 4.69) is 20.8 Å². The molecule has 0 aromatic carbocycles. The van der Waals surface area contributed by atoms with Gasteiger partial charge in [-0.1, -0.05) is 5.10 Å². The third kappa shape index (κ3) is 1.83. The highest BCUT2D eigenvalue weighted by atomic mass is 16.5. The minimum atomic E-state index is -1.03. The van der Waals surface area contributed by atoms with Crippen molar-refractivity contribution in [3.63, 3.8) is 0 Å². The molecule has 88 valence electrons. The number of carboxylic acids is 1. The fourth-order valence-corrected chi connectivity index (χ4v) is 1.66. The largest absolute Gasteiger partial charge is 0.480 e. The first-order valence-corrected chi connectivity index (χ1v) is 4.96. The number of hydrogen-bond acceptors (Lipinski definition) is 6. The second-order valence-corrected chi connectivity index (χ2v) is 3.75. The zero-order valence-corrected chi connectivity index (χ0v) is 8.88. The van der Waals surface area contributed by atoms with Gasteiger partial charge in [0.2, 0.25) is 5.95 Å². The molecule has 0 atom stereocenters. The van der Waals surface area contributed by atoms with E-state index in [0.29, 0.717) is 32.0 Å². The summed E-state index contributed by atoms with van der Waals surface area (Å²) in [4.78, 5) is 11.3. The summed E-state index contributed by atoms with van der Waals surface area (Å²) < 4.78 is 6.57. The average Bonchev–Trinajstić information content (AvgIpc) is 2.65. The fourth-order valence-electron chi connectivity index (χ4n) is 1.66. The number of ether oxygens (including phenoxy) is 1. The Bertz CT molecular complexity index is 385. The maximum atomic E-state index is 11.3. The highest BCUT2D eigenvalue weighted by molar-refractivity contribution is 5.82. The summed E-state index contributed by atoms with van der Waals surface area (Å²) in [6.07, 6.45) is 0.796. The van der Waals surface area contributed by atoms with Gasteiger partial charge >= 0.3 is 5.97 Å². The number of rotatable bonds is 3. The minimum Gasteiger partial charge on any atom is -0.480 e. The monoisotopic (exact) mass is 227 g/mol. The molecular weight excluding hydrogens is 214 g/mol. The van der Waals surface area contributed by atoms with Crippen molar-refractivity contribution in [3.8, 4) is 0 Å². The first kappa shape index (κ1) is 10.8. The highest BCUT2D eigenvalue weighted by Crippen LogP contribution is 2.24. The molecule has 1 saturated heterocycles. The standard InChI is InChI=1S/C8H13N5O3/c1-13-7(10-11-12-13)9-8(6(14)15)2-4-16-5-3-8/h2-5H2,1H3,(H,14,15)(H,9,10,12). The van der Waals surface area contributed by atoms with Crippen molar-refractivity contribution in [3.05, 3.63) is 0 Å². The molecule has 1 aliphatic rings. The third-order valence-electron chi connectivity index (χ3n) is 2.73. The lowest BCUT2D eigenvalue weighted by Gasteiger charge is -2.33. The van der Waals surface area contributed by atoms with Crippen molar-refractivity contribution in [2.45, 2.75) is 18.4 Å². The van der Waals surface area contributed by atoms with Gasteiger partial charge in [-0.2, -0.15) is 0 Å². The van der Waals surface area contributed by atoms with Gasteiger partial charge < -0.3 is 15.2 Å². The molecule has 0 radical (unpaired) electrons. The lowest BCUT2D eigenvalue weighted by Crippen LogP contribution is -2.51. The van der Waals surface area contributed by atoms with Crippen molar-refractivity contribution in [2.24, 2.45) is 7.05 Å². The van der Waals surface area contributed by atoms with E-state index < -0.39 is 11.5 Å². The van der Waals surface area contributed by atoms with E-state index in [1.807, 2.05) is 0 Å². The van der Waals surface area contributed by atoms with Crippen LogP contribution in [0.2, 0.25) is 0 Å². The predicted molar refractivity (Wildman–Crippen MR) is 52.8 cm³/mol. The van der Waals surface area contributed by atoms with Crippen LogP contribution in [0.25, 0.3) is 0 Å². The molecule has 0 bridgehead atoms. The first-order valence-electron chi connectivity index (χ1n) is 4.96. The van der Waals surface area contributed by atoms with Crippen molar-refractivity contribution >= 4 is 11.9 Å². The zero-order chi connectivity index (χ0) is 11.6. The van der Waals surface area contributed by atoms with E-state index in [9.17, 15) is 9.90 Å². The van der Waals surface area contributed by atoms with E-state index in [1.165, 1.54) is 4.68 Å². The lowest BCUT2D eigenvalue weighted by atomic mass is 9.90. The quantitative estimate of drug-likeness (QED) is 0.700. The molecule has 0 aliphatic carbocycles. The third-order valence-corrected chi connectivity index (χ3v) is 2.73. The fraction of sp³-hybridized carbons (Fsp3) is 0.750. The van der Waals surface area contributed by atoms with Gasteiger partial charge in [-0.15, -0.1) is 0 Å². The van der Waals surface area contributed by atoms with Crippen LogP contribution in [0.5, 0.6) is 0 Å². The number of tetrazole rings is 1. The number of hydrogen-bond donors (Lipinski definition) is 2. The summed E-state index contributed by atoms with van der Waals surface area (Å²) in [6, 6.07) is 0. The highest BCUT2D eigenvalue weighted by Gasteiger charge is 2.41. The zero-order valence-electron chi connectivity index (χ0n) is 8.88. The summed E-state index contributed by atoms with van der Waals surface area (Å²) in [5.41, 5.74) is -1.03. The molecule has 0 amide bonds. The van der Waals surface area contributed by atoms with Crippen LogP contribution in [0, 0.1) is 0 Å². The van der Waals surface area contributed by atoms with E-state index in [4.69, 9.17) is 4.74 Å². The van der Waals surface area contributed by atoms with Gasteiger partial charge in [0, 0.05) is 33.1 Å². The number of nitrogens with zero attached hydrogens (tertiary/aromatic N) is 4. The minimum absolute atomic E-state index is 0.351. The van der Waals surface area contributed by atoms with Crippen LogP contribution in [0.15, 0.2) is 0 Å². The number of nitrogens with one attached hydrogen (secondary N) is 1. The van der Waals surface area contributed by atoms with Gasteiger partial charge in [-0.3, -0.25) is 0 Å². The molecule has 1 fully saturated rings. The van der Waals surface area contributed by atoms with Gasteiger partial charge in [-0.05, 0) is 10.4 Å². The molecule has 0 unspecified atom stereocenters. The summed E-state index contributed by atoms with van der Waals surface area (Å²) in [7, 11) is 1.65. The Morgan fingerprint density at radius 3 is 2.75 bits per heavy atom. The van der Waals surface area contributed by atoms with E-state index in [0.717, 1.165) is 0 Å². The van der Waals surface area contributed by atoms with Crippen molar-refractivity contribution in [1.29, 1.82) is 0 Å². The summed E-state index contributed by atoms with van der Waals surface area (Å²) in [6.45, 7) is 0.842. The topological polar surface area (TPSA) is 102 Å². The molecule has 16 heavy (non-hydrogen) atoms. The van der Waals surface area contributed by atoms with Crippen molar-refractivity contribution in [2.75, 3.05) is 18.5 Å². The number of aromatic nitrogens is 4. The number of carboxylic acid groups (broad SMARTS) is 1. The molecule has 1 aromatic heterocycles. The normalized spacial score (nSPS) is 19.3. The summed E-state index contributed by atoms with van der Waals surface area (Å²) in [5.74, 6) is -0.553.